The highest BCUT2D eigenvalue weighted by Crippen LogP contribution is 2.39. The molecule has 0 bridgehead atoms. The van der Waals surface area contributed by atoms with Gasteiger partial charge in [0.2, 0.25) is 11.8 Å². The maximum Gasteiger partial charge on any atom is 0.237 e. The third-order valence-electron chi connectivity index (χ3n) is 4.02. The molecule has 1 saturated carbocycles. The first-order chi connectivity index (χ1) is 13.0. The Morgan fingerprint density at radius 1 is 1.37 bits per heavy atom. The number of amides is 2. The minimum absolute atomic E-state index is 0.0348. The fraction of sp³-hybridized carbons (Fsp3) is 0.444. The Kier molecular flexibility index (Phi) is 6.33. The summed E-state index contributed by atoms with van der Waals surface area (Å²) < 4.78 is 7.32. The first kappa shape index (κ1) is 19.2. The van der Waals surface area contributed by atoms with Crippen LogP contribution >= 0.6 is 11.8 Å². The van der Waals surface area contributed by atoms with E-state index in [2.05, 4.69) is 15.5 Å². The van der Waals surface area contributed by atoms with Gasteiger partial charge in [0.1, 0.15) is 24.7 Å². The summed E-state index contributed by atoms with van der Waals surface area (Å²) in [5, 5.41) is 11.6. The third-order valence-corrected chi connectivity index (χ3v) is 4.98. The molecule has 2 aromatic rings. The number of carbonyl (C=O) groups is 2. The first-order valence-corrected chi connectivity index (χ1v) is 9.82. The van der Waals surface area contributed by atoms with Crippen LogP contribution in [0.5, 0.6) is 5.75 Å². The summed E-state index contributed by atoms with van der Waals surface area (Å²) in [6.45, 7) is 2.84. The van der Waals surface area contributed by atoms with Crippen LogP contribution in [0.4, 0.5) is 0 Å². The summed E-state index contributed by atoms with van der Waals surface area (Å²) in [7, 11) is 0. The van der Waals surface area contributed by atoms with E-state index in [0.717, 1.165) is 30.0 Å². The number of nitrogens with zero attached hydrogens (tertiary/aromatic N) is 3. The monoisotopic (exact) mass is 389 g/mol. The lowest BCUT2D eigenvalue weighted by atomic mass is 10.2. The molecule has 1 aliphatic rings. The third kappa shape index (κ3) is 5.72. The zero-order valence-electron chi connectivity index (χ0n) is 15.2. The van der Waals surface area contributed by atoms with Gasteiger partial charge < -0.3 is 15.8 Å². The Hall–Kier alpha value is -2.55. The molecule has 8 nitrogen and oxygen atoms in total. The largest absolute Gasteiger partial charge is 0.492 e. The molecule has 1 heterocycles. The van der Waals surface area contributed by atoms with Crippen molar-refractivity contribution in [1.82, 2.24) is 20.1 Å². The molecule has 1 aromatic heterocycles. The van der Waals surface area contributed by atoms with E-state index in [4.69, 9.17) is 10.5 Å². The number of nitrogens with two attached hydrogens (primary N) is 1. The van der Waals surface area contributed by atoms with E-state index in [0.29, 0.717) is 24.2 Å². The molecular weight excluding hydrogens is 366 g/mol. The molecule has 3 N–H and O–H groups in total. The molecule has 9 heteroatoms. The molecule has 2 amide bonds. The van der Waals surface area contributed by atoms with Crippen molar-refractivity contribution in [1.29, 1.82) is 0 Å². The van der Waals surface area contributed by atoms with Crippen LogP contribution in [0, 0.1) is 6.92 Å². The van der Waals surface area contributed by atoms with E-state index in [-0.39, 0.29) is 18.2 Å². The predicted molar refractivity (Wildman–Crippen MR) is 102 cm³/mol. The van der Waals surface area contributed by atoms with Crippen LogP contribution in [0.2, 0.25) is 0 Å². The maximum absolute atomic E-state index is 12.0. The Morgan fingerprint density at radius 2 is 2.19 bits per heavy atom. The van der Waals surface area contributed by atoms with Crippen molar-refractivity contribution in [3.63, 3.8) is 0 Å². The minimum Gasteiger partial charge on any atom is -0.492 e. The van der Waals surface area contributed by atoms with E-state index in [9.17, 15) is 9.59 Å². The number of hydrogen-bond donors (Lipinski definition) is 2. The Bertz CT molecular complexity index is 819. The number of primary amides is 1. The fourth-order valence-electron chi connectivity index (χ4n) is 2.60. The lowest BCUT2D eigenvalue weighted by molar-refractivity contribution is -0.119. The Labute approximate surface area is 161 Å². The van der Waals surface area contributed by atoms with E-state index < -0.39 is 5.91 Å². The lowest BCUT2D eigenvalue weighted by Crippen LogP contribution is -2.29. The highest BCUT2D eigenvalue weighted by molar-refractivity contribution is 7.99. The normalized spacial score (nSPS) is 13.4. The number of carbonyl (C=O) groups excluding carboxylic acids is 2. The molecule has 0 unspecified atom stereocenters. The molecule has 1 fully saturated rings. The second-order valence-corrected chi connectivity index (χ2v) is 7.41. The highest BCUT2D eigenvalue weighted by Gasteiger charge is 2.30. The second-order valence-electron chi connectivity index (χ2n) is 6.47. The topological polar surface area (TPSA) is 112 Å². The van der Waals surface area contributed by atoms with Gasteiger partial charge >= 0.3 is 0 Å². The number of ether oxygens (including phenoxy) is 1. The van der Waals surface area contributed by atoms with Gasteiger partial charge in [-0.3, -0.25) is 14.2 Å². The van der Waals surface area contributed by atoms with E-state index in [1.165, 1.54) is 11.8 Å². The Balaban J connectivity index is 1.43. The van der Waals surface area contributed by atoms with Crippen LogP contribution in [0.1, 0.15) is 30.1 Å². The molecule has 0 atom stereocenters. The average Bonchev–Trinajstić information content (AvgIpc) is 3.39. The second kappa shape index (κ2) is 8.90. The zero-order chi connectivity index (χ0) is 19.2. The van der Waals surface area contributed by atoms with Crippen LogP contribution in [0.25, 0.3) is 0 Å². The molecule has 3 rings (SSSR count). The molecular formula is C18H23N5O3S. The summed E-state index contributed by atoms with van der Waals surface area (Å²) in [6, 6.07) is 7.75. The van der Waals surface area contributed by atoms with Crippen LogP contribution in [0.3, 0.4) is 0 Å². The SMILES string of the molecule is Cc1cccc(OCCNC(=O)CSc2nnc(C3CC3)n2CC(N)=O)c1. The van der Waals surface area contributed by atoms with Gasteiger partial charge in [0, 0.05) is 5.92 Å². The summed E-state index contributed by atoms with van der Waals surface area (Å²) in [4.78, 5) is 23.3. The van der Waals surface area contributed by atoms with Crippen LogP contribution in [-0.2, 0) is 16.1 Å². The summed E-state index contributed by atoms with van der Waals surface area (Å²) in [5.41, 5.74) is 6.44. The van der Waals surface area contributed by atoms with Gasteiger partial charge in [0.05, 0.1) is 12.3 Å². The van der Waals surface area contributed by atoms with Crippen LogP contribution in [-0.4, -0.2) is 45.5 Å². The quantitative estimate of drug-likeness (QED) is 0.467. The predicted octanol–water partition coefficient (Wildman–Crippen LogP) is 1.24. The zero-order valence-corrected chi connectivity index (χ0v) is 16.0. The van der Waals surface area contributed by atoms with Crippen molar-refractivity contribution < 1.29 is 14.3 Å². The molecule has 1 aliphatic carbocycles. The molecule has 0 aliphatic heterocycles. The van der Waals surface area contributed by atoms with Gasteiger partial charge in [-0.2, -0.15) is 0 Å². The Morgan fingerprint density at radius 3 is 2.89 bits per heavy atom. The van der Waals surface area contributed by atoms with Gasteiger partial charge in [-0.1, -0.05) is 23.9 Å². The first-order valence-electron chi connectivity index (χ1n) is 8.83. The van der Waals surface area contributed by atoms with Crippen molar-refractivity contribution in [2.75, 3.05) is 18.9 Å². The highest BCUT2D eigenvalue weighted by atomic mass is 32.2. The van der Waals surface area contributed by atoms with E-state index >= 15 is 0 Å². The summed E-state index contributed by atoms with van der Waals surface area (Å²) >= 11 is 1.25. The van der Waals surface area contributed by atoms with Crippen LogP contribution < -0.4 is 15.8 Å². The van der Waals surface area contributed by atoms with Gasteiger partial charge in [-0.05, 0) is 37.5 Å². The number of nitrogens with one attached hydrogen (secondary N) is 1. The lowest BCUT2D eigenvalue weighted by Gasteiger charge is -2.09. The number of hydrogen-bond acceptors (Lipinski definition) is 6. The van der Waals surface area contributed by atoms with E-state index in [1.807, 2.05) is 31.2 Å². The van der Waals surface area contributed by atoms with Crippen molar-refractivity contribution in [3.8, 4) is 5.75 Å². The molecule has 1 aromatic carbocycles. The number of thioether (sulfide) groups is 1. The molecule has 0 radical (unpaired) electrons. The van der Waals surface area contributed by atoms with Crippen LogP contribution in [0.15, 0.2) is 29.4 Å². The minimum atomic E-state index is -0.448. The van der Waals surface area contributed by atoms with Crippen molar-refractivity contribution in [2.45, 2.75) is 37.4 Å². The molecule has 27 heavy (non-hydrogen) atoms. The van der Waals surface area contributed by atoms with E-state index in [1.54, 1.807) is 4.57 Å². The molecule has 0 saturated heterocycles. The molecule has 0 spiro atoms. The number of aryl methyl sites for hydroxylation is 1. The summed E-state index contributed by atoms with van der Waals surface area (Å²) in [5.74, 6) is 1.52. The average molecular weight is 389 g/mol. The fourth-order valence-corrected chi connectivity index (χ4v) is 3.38. The maximum atomic E-state index is 12.0. The number of rotatable bonds is 10. The van der Waals surface area contributed by atoms with Crippen molar-refractivity contribution in [2.24, 2.45) is 5.73 Å². The van der Waals surface area contributed by atoms with Gasteiger partial charge in [-0.25, -0.2) is 0 Å². The van der Waals surface area contributed by atoms with Crippen molar-refractivity contribution >= 4 is 23.6 Å². The smallest absolute Gasteiger partial charge is 0.237 e. The summed E-state index contributed by atoms with van der Waals surface area (Å²) in [6.07, 6.45) is 2.09. The van der Waals surface area contributed by atoms with Gasteiger partial charge in [0.25, 0.3) is 0 Å². The van der Waals surface area contributed by atoms with Gasteiger partial charge in [0.15, 0.2) is 5.16 Å². The van der Waals surface area contributed by atoms with Gasteiger partial charge in [-0.15, -0.1) is 10.2 Å². The number of aromatic nitrogens is 3. The van der Waals surface area contributed by atoms with Crippen molar-refractivity contribution in [3.05, 3.63) is 35.7 Å². The number of benzene rings is 1. The standard InChI is InChI=1S/C18H23N5O3S/c1-12-3-2-4-14(9-12)26-8-7-20-16(25)11-27-18-22-21-17(13-5-6-13)23(18)10-15(19)24/h2-4,9,13H,5-8,10-11H2,1H3,(H2,19,24)(H,20,25). The molecule has 144 valence electrons.